The van der Waals surface area contributed by atoms with Gasteiger partial charge in [0, 0.05) is 24.1 Å². The van der Waals surface area contributed by atoms with Gasteiger partial charge in [0.05, 0.1) is 29.1 Å². The smallest absolute Gasteiger partial charge is 0.341 e. The van der Waals surface area contributed by atoms with Gasteiger partial charge in [-0.15, -0.1) is 0 Å². The number of rotatable bonds is 11. The summed E-state index contributed by atoms with van der Waals surface area (Å²) in [7, 11) is 1.55. The zero-order valence-electron chi connectivity index (χ0n) is 23.2. The minimum absolute atomic E-state index is 0.103. The summed E-state index contributed by atoms with van der Waals surface area (Å²) in [6, 6.07) is 6.32. The standard InChI is InChI=1S/C30H36ClN3O6/c1-19(11-13-25(35)39-17-16-34-14-6-7-15-34)10-12-21-27(33-30(37)32-24-9-5-4-8-23(24)31)26-22(18-40-29(26)36)20(2)28(21)38-3/h4-5,8-10H,6-7,11-18H2,1-3H3,(H2,32,33,37). The highest BCUT2D eigenvalue weighted by molar-refractivity contribution is 6.33. The van der Waals surface area contributed by atoms with E-state index in [1.165, 1.54) is 12.8 Å². The average molecular weight is 570 g/mol. The zero-order chi connectivity index (χ0) is 28.6. The van der Waals surface area contributed by atoms with E-state index in [-0.39, 0.29) is 19.0 Å². The van der Waals surface area contributed by atoms with Crippen molar-refractivity contribution in [2.24, 2.45) is 0 Å². The summed E-state index contributed by atoms with van der Waals surface area (Å²) >= 11 is 6.20. The number of carbonyl (C=O) groups is 3. The van der Waals surface area contributed by atoms with Crippen molar-refractivity contribution in [3.8, 4) is 5.75 Å². The molecule has 4 rings (SSSR count). The van der Waals surface area contributed by atoms with Gasteiger partial charge in [-0.1, -0.05) is 35.4 Å². The molecule has 0 radical (unpaired) electrons. The van der Waals surface area contributed by atoms with Gasteiger partial charge in [0.1, 0.15) is 19.0 Å². The molecule has 2 amide bonds. The number of nitrogens with zero attached hydrogens (tertiary/aromatic N) is 1. The van der Waals surface area contributed by atoms with Crippen molar-refractivity contribution in [1.82, 2.24) is 4.90 Å². The Morgan fingerprint density at radius 3 is 2.62 bits per heavy atom. The van der Waals surface area contributed by atoms with Crippen molar-refractivity contribution < 1.29 is 28.6 Å². The second kappa shape index (κ2) is 13.7. The van der Waals surface area contributed by atoms with E-state index < -0.39 is 12.0 Å². The van der Waals surface area contributed by atoms with Crippen LogP contribution in [0.5, 0.6) is 5.75 Å². The van der Waals surface area contributed by atoms with Crippen LogP contribution in [0.2, 0.25) is 5.02 Å². The molecule has 0 saturated carbocycles. The Labute approximate surface area is 239 Å². The van der Waals surface area contributed by atoms with Crippen molar-refractivity contribution in [3.05, 3.63) is 63.2 Å². The highest BCUT2D eigenvalue weighted by Gasteiger charge is 2.32. The Morgan fingerprint density at radius 2 is 1.90 bits per heavy atom. The molecule has 2 aromatic rings. The van der Waals surface area contributed by atoms with E-state index in [0.29, 0.717) is 58.3 Å². The van der Waals surface area contributed by atoms with Gasteiger partial charge in [-0.2, -0.15) is 0 Å². The Hall–Kier alpha value is -3.56. The number of fused-ring (bicyclic) bond motifs is 1. The molecular weight excluding hydrogens is 534 g/mol. The number of likely N-dealkylation sites (tertiary alicyclic amines) is 1. The second-order valence-corrected chi connectivity index (χ2v) is 10.4. The molecule has 0 unspecified atom stereocenters. The average Bonchev–Trinajstić information content (AvgIpc) is 3.59. The lowest BCUT2D eigenvalue weighted by atomic mass is 9.93. The molecule has 10 heteroatoms. The molecule has 2 aliphatic heterocycles. The van der Waals surface area contributed by atoms with Crippen LogP contribution in [0.4, 0.5) is 16.2 Å². The summed E-state index contributed by atoms with van der Waals surface area (Å²) in [5.74, 6) is -0.165. The molecule has 2 aliphatic rings. The molecular formula is C30H36ClN3O6. The summed E-state index contributed by atoms with van der Waals surface area (Å²) in [5.41, 5.74) is 4.15. The number of benzene rings is 2. The third kappa shape index (κ3) is 7.14. The monoisotopic (exact) mass is 569 g/mol. The largest absolute Gasteiger partial charge is 0.496 e. The zero-order valence-corrected chi connectivity index (χ0v) is 24.0. The van der Waals surface area contributed by atoms with Crippen molar-refractivity contribution in [2.75, 3.05) is 44.0 Å². The number of esters is 2. The fourth-order valence-electron chi connectivity index (χ4n) is 5.06. The third-order valence-electron chi connectivity index (χ3n) is 7.28. The molecule has 0 aromatic heterocycles. The predicted molar refractivity (Wildman–Crippen MR) is 154 cm³/mol. The van der Waals surface area contributed by atoms with Gasteiger partial charge in [-0.25, -0.2) is 9.59 Å². The number of cyclic esters (lactones) is 1. The number of halogens is 1. The van der Waals surface area contributed by atoms with E-state index in [4.69, 9.17) is 25.8 Å². The summed E-state index contributed by atoms with van der Waals surface area (Å²) < 4.78 is 16.5. The summed E-state index contributed by atoms with van der Waals surface area (Å²) in [4.78, 5) is 40.3. The van der Waals surface area contributed by atoms with Crippen LogP contribution in [0.1, 0.15) is 59.7 Å². The predicted octanol–water partition coefficient (Wildman–Crippen LogP) is 5.88. The van der Waals surface area contributed by atoms with Gasteiger partial charge < -0.3 is 24.8 Å². The van der Waals surface area contributed by atoms with E-state index in [1.54, 1.807) is 31.4 Å². The normalized spacial score (nSPS) is 15.0. The lowest BCUT2D eigenvalue weighted by Crippen LogP contribution is -2.25. The summed E-state index contributed by atoms with van der Waals surface area (Å²) in [5, 5.41) is 5.96. The molecule has 2 heterocycles. The lowest BCUT2D eigenvalue weighted by Gasteiger charge is -2.20. The van der Waals surface area contributed by atoms with E-state index in [1.807, 2.05) is 19.9 Å². The maximum Gasteiger partial charge on any atom is 0.341 e. The van der Waals surface area contributed by atoms with E-state index in [9.17, 15) is 14.4 Å². The fraction of sp³-hybridized carbons (Fsp3) is 0.433. The number of hydrogen-bond donors (Lipinski definition) is 2. The number of anilines is 2. The van der Waals surface area contributed by atoms with Gasteiger partial charge in [-0.05, 0) is 70.3 Å². The molecule has 2 N–H and O–H groups in total. The Morgan fingerprint density at radius 1 is 1.15 bits per heavy atom. The van der Waals surface area contributed by atoms with Crippen LogP contribution in [0, 0.1) is 6.92 Å². The Kier molecular flexibility index (Phi) is 10.1. The minimum atomic E-state index is -0.556. The van der Waals surface area contributed by atoms with E-state index in [0.717, 1.165) is 30.8 Å². The third-order valence-corrected chi connectivity index (χ3v) is 7.61. The van der Waals surface area contributed by atoms with Gasteiger partial charge in [0.2, 0.25) is 0 Å². The van der Waals surface area contributed by atoms with Crippen LogP contribution >= 0.6 is 11.6 Å². The number of ether oxygens (including phenoxy) is 3. The summed E-state index contributed by atoms with van der Waals surface area (Å²) in [6.45, 7) is 7.24. The van der Waals surface area contributed by atoms with E-state index >= 15 is 0 Å². The fourth-order valence-corrected chi connectivity index (χ4v) is 5.25. The molecule has 0 spiro atoms. The number of nitrogens with one attached hydrogen (secondary N) is 2. The molecule has 1 fully saturated rings. The molecule has 214 valence electrons. The van der Waals surface area contributed by atoms with Crippen LogP contribution < -0.4 is 15.4 Å². The number of para-hydroxylation sites is 1. The number of carbonyl (C=O) groups excluding carboxylic acids is 3. The highest BCUT2D eigenvalue weighted by Crippen LogP contribution is 2.41. The molecule has 2 aromatic carbocycles. The highest BCUT2D eigenvalue weighted by atomic mass is 35.5. The van der Waals surface area contributed by atoms with Crippen molar-refractivity contribution in [3.63, 3.8) is 0 Å². The topological polar surface area (TPSA) is 106 Å². The van der Waals surface area contributed by atoms with Crippen LogP contribution in [0.25, 0.3) is 0 Å². The molecule has 0 bridgehead atoms. The minimum Gasteiger partial charge on any atom is -0.496 e. The van der Waals surface area contributed by atoms with Gasteiger partial charge in [-0.3, -0.25) is 9.69 Å². The van der Waals surface area contributed by atoms with Crippen LogP contribution in [-0.4, -0.2) is 56.2 Å². The van der Waals surface area contributed by atoms with Gasteiger partial charge in [0.25, 0.3) is 0 Å². The van der Waals surface area contributed by atoms with Crippen molar-refractivity contribution >= 4 is 40.9 Å². The number of methoxy groups -OCH3 is 1. The van der Waals surface area contributed by atoms with Gasteiger partial charge >= 0.3 is 18.0 Å². The second-order valence-electron chi connectivity index (χ2n) is 10.0. The van der Waals surface area contributed by atoms with Crippen molar-refractivity contribution in [1.29, 1.82) is 0 Å². The Bertz CT molecular complexity index is 1300. The molecule has 40 heavy (non-hydrogen) atoms. The number of urea groups is 1. The quantitative estimate of drug-likeness (QED) is 0.257. The first-order valence-corrected chi connectivity index (χ1v) is 13.9. The van der Waals surface area contributed by atoms with Gasteiger partial charge in [0.15, 0.2) is 0 Å². The number of allylic oxidation sites excluding steroid dienone is 2. The van der Waals surface area contributed by atoms with Crippen LogP contribution in [0.15, 0.2) is 35.9 Å². The maximum atomic E-state index is 13.0. The maximum absolute atomic E-state index is 13.0. The van der Waals surface area contributed by atoms with E-state index in [2.05, 4.69) is 15.5 Å². The molecule has 1 saturated heterocycles. The van der Waals surface area contributed by atoms with Crippen molar-refractivity contribution in [2.45, 2.75) is 52.6 Å². The number of amides is 2. The first-order chi connectivity index (χ1) is 19.3. The molecule has 0 aliphatic carbocycles. The Balaban J connectivity index is 1.48. The first kappa shape index (κ1) is 29.4. The SMILES string of the molecule is COc1c(C)c2c(c(NC(=O)Nc3ccccc3Cl)c1CC=C(C)CCC(=O)OCCN1CCCC1)C(=O)OC2. The molecule has 9 nitrogen and oxygen atoms in total. The molecule has 0 atom stereocenters. The number of hydrogen-bond acceptors (Lipinski definition) is 7. The summed E-state index contributed by atoms with van der Waals surface area (Å²) in [6.07, 6.45) is 5.56. The lowest BCUT2D eigenvalue weighted by molar-refractivity contribution is -0.143. The first-order valence-electron chi connectivity index (χ1n) is 13.5. The van der Waals surface area contributed by atoms with Crippen LogP contribution in [-0.2, 0) is 27.3 Å². The van der Waals surface area contributed by atoms with Crippen LogP contribution in [0.3, 0.4) is 0 Å².